The minimum absolute atomic E-state index is 0.0522. The number of carbonyl (C=O) groups excluding carboxylic acids is 3. The van der Waals surface area contributed by atoms with Crippen LogP contribution < -0.4 is 0 Å². The van der Waals surface area contributed by atoms with Crippen LogP contribution in [0.5, 0.6) is 0 Å². The first-order valence-corrected chi connectivity index (χ1v) is 23.6. The van der Waals surface area contributed by atoms with Crippen molar-refractivity contribution < 1.29 is 53.8 Å². The van der Waals surface area contributed by atoms with E-state index in [-0.39, 0.29) is 54.1 Å². The first-order valence-electron chi connectivity index (χ1n) is 23.6. The van der Waals surface area contributed by atoms with Gasteiger partial charge < -0.3 is 44.3 Å². The van der Waals surface area contributed by atoms with Crippen molar-refractivity contribution in [1.82, 2.24) is 4.90 Å². The second-order valence-corrected chi connectivity index (χ2v) is 19.5. The lowest BCUT2D eigenvalue weighted by atomic mass is 9.78. The number of Topliss-reactive ketones (excluding diaryl/α,β-unsaturated/α-hetero) is 1. The van der Waals surface area contributed by atoms with Gasteiger partial charge in [0.2, 0.25) is 5.79 Å². The molecule has 0 aromatic heterocycles. The molecule has 1 amide bonds. The summed E-state index contributed by atoms with van der Waals surface area (Å²) in [7, 11) is 3.07. The van der Waals surface area contributed by atoms with E-state index in [1.54, 1.807) is 14.0 Å². The Morgan fingerprint density at radius 1 is 0.855 bits per heavy atom. The van der Waals surface area contributed by atoms with Gasteiger partial charge in [0, 0.05) is 32.6 Å². The first kappa shape index (κ1) is 51.9. The van der Waals surface area contributed by atoms with Gasteiger partial charge in [0.05, 0.1) is 18.3 Å². The zero-order valence-corrected chi connectivity index (χ0v) is 39.2. The molecule has 0 spiro atoms. The van der Waals surface area contributed by atoms with Crippen LogP contribution in [0.15, 0.2) is 47.6 Å². The van der Waals surface area contributed by atoms with Gasteiger partial charge in [-0.2, -0.15) is 0 Å². The van der Waals surface area contributed by atoms with E-state index in [4.69, 9.17) is 18.9 Å². The molecular formula is C50H81NO11. The van der Waals surface area contributed by atoms with Crippen molar-refractivity contribution in [2.45, 2.75) is 193 Å². The maximum Gasteiger partial charge on any atom is 0.329 e. The van der Waals surface area contributed by atoms with Crippen molar-refractivity contribution in [3.63, 3.8) is 0 Å². The van der Waals surface area contributed by atoms with E-state index in [1.807, 2.05) is 58.1 Å². The van der Waals surface area contributed by atoms with Crippen molar-refractivity contribution in [2.75, 3.05) is 20.8 Å². The topological polar surface area (TPSA) is 172 Å². The van der Waals surface area contributed by atoms with Crippen LogP contribution in [0.2, 0.25) is 0 Å². The molecule has 15 atom stereocenters. The SMILES string of the molecule is CO[C@@H]1C[C@H](C[C@@H](C)[C@@H]2CC[C@H](C)/C=C(\C)[C@@H](O)[C@@H](OC)C(=O)[C@H](C)C[C@H](C)/C=C/C=C/C=C(\C)CC[C@@H]3CC[C@@H](C)[C@@](O)(O3)C(O)C(=O)N3CCCC[C@H]3C(=O)O2)CC[C@H]1O. The molecule has 3 heterocycles. The van der Waals surface area contributed by atoms with Crippen LogP contribution >= 0.6 is 0 Å². The van der Waals surface area contributed by atoms with Crippen molar-refractivity contribution in [3.8, 4) is 0 Å². The van der Waals surface area contributed by atoms with Gasteiger partial charge >= 0.3 is 5.97 Å². The number of nitrogens with zero attached hydrogens (tertiary/aromatic N) is 1. The summed E-state index contributed by atoms with van der Waals surface area (Å²) in [5, 5.41) is 45.5. The van der Waals surface area contributed by atoms with Crippen molar-refractivity contribution in [3.05, 3.63) is 47.6 Å². The molecular weight excluding hydrogens is 791 g/mol. The minimum Gasteiger partial charge on any atom is -0.461 e. The highest BCUT2D eigenvalue weighted by Gasteiger charge is 2.52. The molecule has 2 bridgehead atoms. The highest BCUT2D eigenvalue weighted by atomic mass is 16.6. The lowest BCUT2D eigenvalue weighted by molar-refractivity contribution is -0.315. The molecule has 4 N–H and O–H groups in total. The molecule has 1 unspecified atom stereocenters. The number of piperidine rings is 1. The van der Waals surface area contributed by atoms with Crippen LogP contribution in [0.3, 0.4) is 0 Å². The Labute approximate surface area is 372 Å². The van der Waals surface area contributed by atoms with E-state index in [2.05, 4.69) is 19.9 Å². The van der Waals surface area contributed by atoms with Crippen LogP contribution in [0.25, 0.3) is 0 Å². The number of cyclic esters (lactones) is 1. The largest absolute Gasteiger partial charge is 0.461 e. The Bertz CT molecular complexity index is 1570. The third kappa shape index (κ3) is 14.1. The molecule has 3 fully saturated rings. The number of ketones is 1. The second-order valence-electron chi connectivity index (χ2n) is 19.5. The summed E-state index contributed by atoms with van der Waals surface area (Å²) in [6.45, 7) is 13.9. The Kier molecular flexibility index (Phi) is 20.6. The molecule has 0 aromatic carbocycles. The van der Waals surface area contributed by atoms with E-state index in [9.17, 15) is 34.8 Å². The Hall–Kier alpha value is -2.71. The summed E-state index contributed by atoms with van der Waals surface area (Å²) < 4.78 is 23.9. The maximum atomic E-state index is 14.3. The van der Waals surface area contributed by atoms with Gasteiger partial charge in [-0.1, -0.05) is 76.6 Å². The smallest absolute Gasteiger partial charge is 0.329 e. The number of fused-ring (bicyclic) bond motifs is 3. The number of aliphatic hydroxyl groups is 4. The molecule has 4 rings (SSSR count). The molecule has 1 saturated carbocycles. The Morgan fingerprint density at radius 3 is 2.31 bits per heavy atom. The molecule has 12 heteroatoms. The summed E-state index contributed by atoms with van der Waals surface area (Å²) in [6, 6.07) is -0.933. The van der Waals surface area contributed by atoms with E-state index in [1.165, 1.54) is 12.0 Å². The number of aliphatic hydroxyl groups excluding tert-OH is 3. The third-order valence-corrected chi connectivity index (χ3v) is 14.3. The first-order chi connectivity index (χ1) is 29.4. The van der Waals surface area contributed by atoms with Crippen molar-refractivity contribution in [1.29, 1.82) is 0 Å². The van der Waals surface area contributed by atoms with E-state index >= 15 is 0 Å². The van der Waals surface area contributed by atoms with Crippen molar-refractivity contribution >= 4 is 17.7 Å². The number of esters is 1. The number of ether oxygens (including phenoxy) is 4. The fourth-order valence-corrected chi connectivity index (χ4v) is 10.2. The van der Waals surface area contributed by atoms with Crippen LogP contribution in [0.1, 0.15) is 138 Å². The summed E-state index contributed by atoms with van der Waals surface area (Å²) in [5.74, 6) is -4.15. The summed E-state index contributed by atoms with van der Waals surface area (Å²) >= 11 is 0. The van der Waals surface area contributed by atoms with Crippen LogP contribution in [-0.4, -0.2) is 118 Å². The van der Waals surface area contributed by atoms with E-state index in [0.29, 0.717) is 82.6 Å². The van der Waals surface area contributed by atoms with Crippen molar-refractivity contribution in [2.24, 2.45) is 35.5 Å². The number of methoxy groups -OCH3 is 2. The van der Waals surface area contributed by atoms with Crippen LogP contribution in [0.4, 0.5) is 0 Å². The molecule has 0 aromatic rings. The number of rotatable bonds is 5. The van der Waals surface area contributed by atoms with Gasteiger partial charge in [-0.15, -0.1) is 0 Å². The third-order valence-electron chi connectivity index (χ3n) is 14.3. The van der Waals surface area contributed by atoms with E-state index < -0.39 is 60.1 Å². The summed E-state index contributed by atoms with van der Waals surface area (Å²) in [5.41, 5.74) is 1.73. The zero-order chi connectivity index (χ0) is 45.7. The number of hydrogen-bond donors (Lipinski definition) is 4. The molecule has 3 aliphatic heterocycles. The number of allylic oxidation sites excluding steroid dienone is 7. The molecule has 352 valence electrons. The molecule has 4 aliphatic rings. The quantitative estimate of drug-likeness (QED) is 0.163. The zero-order valence-electron chi connectivity index (χ0n) is 39.2. The molecule has 2 saturated heterocycles. The minimum atomic E-state index is -2.11. The van der Waals surface area contributed by atoms with Crippen LogP contribution in [-0.2, 0) is 33.3 Å². The number of hydrogen-bond acceptors (Lipinski definition) is 11. The standard InChI is InChI=1S/C50H81NO11/c1-31-15-11-10-12-16-32(2)27-35(5)44(53)46(60-9)45(54)36(6)28-33(3)19-25-42(34(4)29-38-21-24-41(52)43(30-38)59-8)61-49(57)40-17-13-14-26-51(40)48(56)47(55)50(58)37(7)20-23-39(62-50)22-18-31/h10-12,15-16,28,32-35,37-43,45-47,52,54-55,58H,13-14,17-27,29-30H2,1-9H3/b11-10+,16-12+,31-15+,36-28+/t32-,33+,34-,35-,37-,38+,39-,40+,41-,42+,43-,45-,46+,47?,50-/m1/s1. The lowest BCUT2D eigenvalue weighted by Crippen LogP contribution is -2.63. The van der Waals surface area contributed by atoms with Gasteiger partial charge in [-0.25, -0.2) is 4.79 Å². The average Bonchev–Trinajstić information content (AvgIpc) is 3.25. The molecule has 12 nitrogen and oxygen atoms in total. The van der Waals surface area contributed by atoms with E-state index in [0.717, 1.165) is 18.4 Å². The Balaban J connectivity index is 1.64. The van der Waals surface area contributed by atoms with Gasteiger partial charge in [0.25, 0.3) is 5.91 Å². The fourth-order valence-electron chi connectivity index (χ4n) is 10.2. The number of amides is 1. The summed E-state index contributed by atoms with van der Waals surface area (Å²) in [4.78, 5) is 43.6. The number of carbonyl (C=O) groups is 3. The van der Waals surface area contributed by atoms with Gasteiger partial charge in [0.1, 0.15) is 24.4 Å². The molecule has 0 radical (unpaired) electrons. The van der Waals surface area contributed by atoms with Gasteiger partial charge in [0.15, 0.2) is 11.9 Å². The highest BCUT2D eigenvalue weighted by molar-refractivity contribution is 5.88. The predicted molar refractivity (Wildman–Crippen MR) is 240 cm³/mol. The monoisotopic (exact) mass is 872 g/mol. The average molecular weight is 872 g/mol. The summed E-state index contributed by atoms with van der Waals surface area (Å²) in [6.07, 6.45) is 15.1. The fraction of sp³-hybridized carbons (Fsp3) is 0.780. The Morgan fingerprint density at radius 2 is 1.60 bits per heavy atom. The van der Waals surface area contributed by atoms with Gasteiger partial charge in [-0.05, 0) is 133 Å². The van der Waals surface area contributed by atoms with Gasteiger partial charge in [-0.3, -0.25) is 9.59 Å². The molecule has 1 aliphatic carbocycles. The maximum absolute atomic E-state index is 14.3. The van der Waals surface area contributed by atoms with Crippen LogP contribution in [0, 0.1) is 35.5 Å². The predicted octanol–water partition coefficient (Wildman–Crippen LogP) is 7.17. The highest BCUT2D eigenvalue weighted by Crippen LogP contribution is 2.39. The lowest BCUT2D eigenvalue weighted by Gasteiger charge is -2.46. The normalized spacial score (nSPS) is 41.7. The second kappa shape index (κ2) is 24.5. The molecule has 62 heavy (non-hydrogen) atoms.